The van der Waals surface area contributed by atoms with E-state index in [1.807, 2.05) is 13.0 Å². The summed E-state index contributed by atoms with van der Waals surface area (Å²) in [5.41, 5.74) is 0. The molecule has 1 atom stereocenters. The van der Waals surface area contributed by atoms with E-state index in [9.17, 15) is 8.78 Å². The molecule has 0 nitrogen and oxygen atoms in total. The van der Waals surface area contributed by atoms with Crippen molar-refractivity contribution in [3.63, 3.8) is 0 Å². The van der Waals surface area contributed by atoms with Gasteiger partial charge < -0.3 is 0 Å². The normalized spacial score (nSPS) is 13.8. The Morgan fingerprint density at radius 2 is 2.08 bits per heavy atom. The van der Waals surface area contributed by atoms with Gasteiger partial charge in [0.2, 0.25) is 0 Å². The number of aryl methyl sites for hydroxylation is 1. The number of rotatable bonds is 2. The third-order valence-electron chi connectivity index (χ3n) is 1.31. The molecule has 0 amide bonds. The molecular weight excluding hydrogens is 314 g/mol. The Bertz CT molecular complexity index is 272. The summed E-state index contributed by atoms with van der Waals surface area (Å²) in [6.07, 6.45) is -2.36. The zero-order valence-electron chi connectivity index (χ0n) is 6.15. The van der Waals surface area contributed by atoms with Gasteiger partial charge >= 0.3 is 0 Å². The highest BCUT2D eigenvalue weighted by Gasteiger charge is 2.22. The average molecular weight is 320 g/mol. The minimum Gasteiger partial charge on any atom is -0.209 e. The van der Waals surface area contributed by atoms with Crippen LogP contribution in [0.25, 0.3) is 0 Å². The molecule has 0 spiro atoms. The summed E-state index contributed by atoms with van der Waals surface area (Å²) in [7, 11) is 0. The van der Waals surface area contributed by atoms with Gasteiger partial charge in [-0.25, -0.2) is 8.78 Å². The molecule has 0 fully saturated rings. The molecule has 1 aromatic heterocycles. The highest BCUT2D eigenvalue weighted by molar-refractivity contribution is 9.11. The molecule has 0 aromatic carbocycles. The predicted octanol–water partition coefficient (Wildman–Crippen LogP) is 4.52. The van der Waals surface area contributed by atoms with E-state index < -0.39 is 11.3 Å². The molecule has 1 unspecified atom stereocenters. The largest absolute Gasteiger partial charge is 0.255 e. The van der Waals surface area contributed by atoms with Crippen molar-refractivity contribution < 1.29 is 8.78 Å². The minimum absolute atomic E-state index is 0.655. The maximum atomic E-state index is 12.2. The standard InChI is InChI=1S/C7H6Br2F2S/c1-3-2-4(8)6(12-3)5(9)7(10)11/h2,5,7H,1H3. The van der Waals surface area contributed by atoms with Crippen LogP contribution in [0.1, 0.15) is 14.6 Å². The first-order valence-corrected chi connectivity index (χ1v) is 5.73. The third kappa shape index (κ3) is 2.26. The monoisotopic (exact) mass is 318 g/mol. The van der Waals surface area contributed by atoms with Gasteiger partial charge in [-0.15, -0.1) is 11.3 Å². The minimum atomic E-state index is -2.36. The second-order valence-corrected chi connectivity index (χ2v) is 5.43. The number of alkyl halides is 3. The molecule has 0 aliphatic heterocycles. The quantitative estimate of drug-likeness (QED) is 0.703. The molecular formula is C7H6Br2F2S. The first kappa shape index (κ1) is 10.6. The van der Waals surface area contributed by atoms with Crippen molar-refractivity contribution in [1.29, 1.82) is 0 Å². The van der Waals surface area contributed by atoms with E-state index in [-0.39, 0.29) is 0 Å². The molecule has 0 saturated carbocycles. The average Bonchev–Trinajstić information content (AvgIpc) is 2.28. The van der Waals surface area contributed by atoms with Gasteiger partial charge in [-0.3, -0.25) is 0 Å². The zero-order chi connectivity index (χ0) is 9.30. The van der Waals surface area contributed by atoms with Gasteiger partial charge in [-0.2, -0.15) is 0 Å². The summed E-state index contributed by atoms with van der Waals surface area (Å²) >= 11 is 7.55. The van der Waals surface area contributed by atoms with Crippen LogP contribution in [0.15, 0.2) is 10.5 Å². The second-order valence-electron chi connectivity index (χ2n) is 2.31. The molecule has 0 aliphatic carbocycles. The Kier molecular flexibility index (Phi) is 3.67. The topological polar surface area (TPSA) is 0 Å². The zero-order valence-corrected chi connectivity index (χ0v) is 10.1. The summed E-state index contributed by atoms with van der Waals surface area (Å²) in [6.45, 7) is 1.89. The van der Waals surface area contributed by atoms with E-state index >= 15 is 0 Å². The summed E-state index contributed by atoms with van der Waals surface area (Å²) < 4.78 is 25.2. The third-order valence-corrected chi connectivity index (χ3v) is 4.52. The van der Waals surface area contributed by atoms with Crippen LogP contribution >= 0.6 is 43.2 Å². The van der Waals surface area contributed by atoms with Crippen molar-refractivity contribution in [2.75, 3.05) is 0 Å². The van der Waals surface area contributed by atoms with E-state index in [2.05, 4.69) is 31.9 Å². The van der Waals surface area contributed by atoms with Crippen LogP contribution in [0.3, 0.4) is 0 Å². The van der Waals surface area contributed by atoms with Crippen molar-refractivity contribution in [3.8, 4) is 0 Å². The van der Waals surface area contributed by atoms with Crippen molar-refractivity contribution in [3.05, 3.63) is 20.3 Å². The number of halogens is 4. The molecule has 12 heavy (non-hydrogen) atoms. The van der Waals surface area contributed by atoms with Crippen LogP contribution in [0.2, 0.25) is 0 Å². The molecule has 1 rings (SSSR count). The van der Waals surface area contributed by atoms with E-state index in [0.29, 0.717) is 4.88 Å². The predicted molar refractivity (Wildman–Crippen MR) is 54.4 cm³/mol. The van der Waals surface area contributed by atoms with Gasteiger partial charge in [0.15, 0.2) is 0 Å². The van der Waals surface area contributed by atoms with Gasteiger partial charge in [-0.1, -0.05) is 15.9 Å². The fraction of sp³-hybridized carbons (Fsp3) is 0.429. The highest BCUT2D eigenvalue weighted by atomic mass is 79.9. The Morgan fingerprint density at radius 3 is 2.42 bits per heavy atom. The van der Waals surface area contributed by atoms with Crippen LogP contribution < -0.4 is 0 Å². The van der Waals surface area contributed by atoms with Crippen molar-refractivity contribution in [1.82, 2.24) is 0 Å². The molecule has 1 aromatic rings. The molecule has 5 heteroatoms. The fourth-order valence-electron chi connectivity index (χ4n) is 0.804. The van der Waals surface area contributed by atoms with Crippen LogP contribution in [0.4, 0.5) is 8.78 Å². The Balaban J connectivity index is 2.94. The van der Waals surface area contributed by atoms with Crippen molar-refractivity contribution >= 4 is 43.2 Å². The Morgan fingerprint density at radius 1 is 1.50 bits per heavy atom. The van der Waals surface area contributed by atoms with Gasteiger partial charge in [0.05, 0.1) is 0 Å². The molecule has 0 bridgehead atoms. The number of hydrogen-bond acceptors (Lipinski definition) is 1. The molecule has 0 radical (unpaired) electrons. The lowest BCUT2D eigenvalue weighted by molar-refractivity contribution is 0.148. The summed E-state index contributed by atoms with van der Waals surface area (Å²) in [4.78, 5) is 0.829. The van der Waals surface area contributed by atoms with E-state index in [1.54, 1.807) is 0 Å². The van der Waals surface area contributed by atoms with Gasteiger partial charge in [0, 0.05) is 14.2 Å². The summed E-state index contributed by atoms with van der Waals surface area (Å²) in [6, 6.07) is 1.84. The lowest BCUT2D eigenvalue weighted by Crippen LogP contribution is -1.99. The summed E-state index contributed by atoms with van der Waals surface area (Å²) in [5, 5.41) is 0. The maximum Gasteiger partial charge on any atom is 0.255 e. The number of thiophene rings is 1. The summed E-state index contributed by atoms with van der Waals surface area (Å²) in [5.74, 6) is 0. The lowest BCUT2D eigenvalue weighted by atomic mass is 10.3. The lowest BCUT2D eigenvalue weighted by Gasteiger charge is -2.05. The highest BCUT2D eigenvalue weighted by Crippen LogP contribution is 2.39. The van der Waals surface area contributed by atoms with Gasteiger partial charge in [0.1, 0.15) is 4.83 Å². The van der Waals surface area contributed by atoms with E-state index in [0.717, 1.165) is 9.35 Å². The fourth-order valence-corrected chi connectivity index (χ4v) is 3.52. The van der Waals surface area contributed by atoms with E-state index in [4.69, 9.17) is 0 Å². The second kappa shape index (κ2) is 4.15. The first-order chi connectivity index (χ1) is 5.52. The molecule has 0 aliphatic rings. The first-order valence-electron chi connectivity index (χ1n) is 3.20. The maximum absolute atomic E-state index is 12.2. The smallest absolute Gasteiger partial charge is 0.209 e. The van der Waals surface area contributed by atoms with Crippen LogP contribution in [-0.4, -0.2) is 6.43 Å². The Labute approximate surface area is 90.2 Å². The molecule has 0 saturated heterocycles. The van der Waals surface area contributed by atoms with Crippen LogP contribution in [0.5, 0.6) is 0 Å². The van der Waals surface area contributed by atoms with Crippen LogP contribution in [-0.2, 0) is 0 Å². The van der Waals surface area contributed by atoms with Crippen LogP contribution in [0, 0.1) is 6.92 Å². The van der Waals surface area contributed by atoms with E-state index in [1.165, 1.54) is 11.3 Å². The van der Waals surface area contributed by atoms with Crippen molar-refractivity contribution in [2.45, 2.75) is 18.2 Å². The molecule has 0 N–H and O–H groups in total. The van der Waals surface area contributed by atoms with Crippen molar-refractivity contribution in [2.24, 2.45) is 0 Å². The Hall–Kier alpha value is 0.520. The van der Waals surface area contributed by atoms with Gasteiger partial charge in [-0.05, 0) is 28.9 Å². The molecule has 68 valence electrons. The SMILES string of the molecule is Cc1cc(Br)c(C(Br)C(F)F)s1. The molecule has 1 heterocycles. The number of hydrogen-bond donors (Lipinski definition) is 0. The van der Waals surface area contributed by atoms with Gasteiger partial charge in [0.25, 0.3) is 6.43 Å².